The van der Waals surface area contributed by atoms with Crippen LogP contribution in [-0.4, -0.2) is 28.1 Å². The number of rotatable bonds is 4. The van der Waals surface area contributed by atoms with E-state index in [2.05, 4.69) is 75.6 Å². The quantitative estimate of drug-likeness (QED) is 0.446. The van der Waals surface area contributed by atoms with Gasteiger partial charge in [-0.3, -0.25) is 0 Å². The maximum absolute atomic E-state index is 4.65. The Hall–Kier alpha value is -2.51. The second-order valence-electron chi connectivity index (χ2n) is 7.54. The Labute approximate surface area is 178 Å². The number of nitrogens with one attached hydrogen (secondary N) is 1. The first-order valence-electron chi connectivity index (χ1n) is 9.66. The molecule has 3 aromatic heterocycles. The minimum atomic E-state index is 0.983. The van der Waals surface area contributed by atoms with E-state index in [1.807, 2.05) is 13.1 Å². The molecule has 5 rings (SSSR count). The normalized spacial score (nSPS) is 13.3. The summed E-state index contributed by atoms with van der Waals surface area (Å²) in [6, 6.07) is 8.89. The Morgan fingerprint density at radius 1 is 1.17 bits per heavy atom. The number of thiazole rings is 1. The van der Waals surface area contributed by atoms with Gasteiger partial charge in [0.15, 0.2) is 0 Å². The van der Waals surface area contributed by atoms with E-state index in [1.54, 1.807) is 23.3 Å². The van der Waals surface area contributed by atoms with E-state index < -0.39 is 0 Å². The summed E-state index contributed by atoms with van der Waals surface area (Å²) in [5, 5.41) is 2.25. The van der Waals surface area contributed by atoms with E-state index in [1.165, 1.54) is 26.6 Å². The minimum absolute atomic E-state index is 0.983. The lowest BCUT2D eigenvalue weighted by atomic mass is 10.0. The topological polar surface area (TPSA) is 46.0 Å². The maximum atomic E-state index is 4.65. The standard InChI is InChI=1S/C22H23N5S2/c1-13-22(28-14(2)24-13)29-25-18-7-9-23-21-20(18)17(12-27(21)4)16-6-5-15-8-10-26(3)19(15)11-16/h5-7,9,11-12H,8,10H2,1-4H3,(H,23,25). The van der Waals surface area contributed by atoms with Crippen molar-refractivity contribution in [1.29, 1.82) is 0 Å². The Morgan fingerprint density at radius 3 is 2.83 bits per heavy atom. The van der Waals surface area contributed by atoms with E-state index >= 15 is 0 Å². The molecule has 1 aliphatic heterocycles. The zero-order valence-electron chi connectivity index (χ0n) is 17.0. The lowest BCUT2D eigenvalue weighted by Gasteiger charge is -2.13. The fraction of sp³-hybridized carbons (Fsp3) is 0.273. The predicted octanol–water partition coefficient (Wildman–Crippen LogP) is 5.43. The first-order chi connectivity index (χ1) is 14.0. The molecule has 0 atom stereocenters. The van der Waals surface area contributed by atoms with Crippen LogP contribution in [0.5, 0.6) is 0 Å². The van der Waals surface area contributed by atoms with Crippen LogP contribution in [0.1, 0.15) is 16.3 Å². The lowest BCUT2D eigenvalue weighted by molar-refractivity contribution is 0.949. The van der Waals surface area contributed by atoms with Gasteiger partial charge in [-0.2, -0.15) is 0 Å². The van der Waals surface area contributed by atoms with E-state index in [9.17, 15) is 0 Å². The average molecular weight is 422 g/mol. The number of likely N-dealkylation sites (N-methyl/N-ethyl adjacent to an activating group) is 1. The molecule has 0 amide bonds. The number of benzene rings is 1. The summed E-state index contributed by atoms with van der Waals surface area (Å²) >= 11 is 3.35. The number of fused-ring (bicyclic) bond motifs is 2. The minimum Gasteiger partial charge on any atom is -0.374 e. The van der Waals surface area contributed by atoms with E-state index in [0.717, 1.165) is 40.4 Å². The number of hydrogen-bond donors (Lipinski definition) is 1. The summed E-state index contributed by atoms with van der Waals surface area (Å²) in [6.45, 7) is 5.20. The van der Waals surface area contributed by atoms with Crippen LogP contribution in [0, 0.1) is 13.8 Å². The number of hydrogen-bond acceptors (Lipinski definition) is 6. The molecule has 7 heteroatoms. The van der Waals surface area contributed by atoms with Gasteiger partial charge in [-0.25, -0.2) is 9.97 Å². The Kier molecular flexibility index (Phi) is 4.52. The molecule has 29 heavy (non-hydrogen) atoms. The van der Waals surface area contributed by atoms with Crippen molar-refractivity contribution in [3.8, 4) is 11.1 Å². The summed E-state index contributed by atoms with van der Waals surface area (Å²) in [7, 11) is 4.23. The molecule has 0 saturated carbocycles. The number of anilines is 2. The van der Waals surface area contributed by atoms with Crippen molar-refractivity contribution in [2.45, 2.75) is 24.5 Å². The molecule has 1 N–H and O–H groups in total. The largest absolute Gasteiger partial charge is 0.374 e. The molecule has 0 spiro atoms. The second kappa shape index (κ2) is 7.07. The van der Waals surface area contributed by atoms with Crippen LogP contribution in [-0.2, 0) is 13.5 Å². The molecular formula is C22H23N5S2. The van der Waals surface area contributed by atoms with Crippen LogP contribution in [0.25, 0.3) is 22.2 Å². The number of aryl methyl sites for hydroxylation is 3. The third-order valence-corrected chi connectivity index (χ3v) is 7.67. The number of nitrogens with zero attached hydrogens (tertiary/aromatic N) is 4. The van der Waals surface area contributed by atoms with Gasteiger partial charge in [0.05, 0.1) is 21.8 Å². The van der Waals surface area contributed by atoms with Crippen molar-refractivity contribution >= 4 is 45.7 Å². The molecule has 1 aliphatic rings. The van der Waals surface area contributed by atoms with Gasteiger partial charge in [-0.1, -0.05) is 12.1 Å². The molecule has 148 valence electrons. The molecule has 0 saturated heterocycles. The van der Waals surface area contributed by atoms with Gasteiger partial charge in [0.2, 0.25) is 0 Å². The molecular weight excluding hydrogens is 398 g/mol. The van der Waals surface area contributed by atoms with Gasteiger partial charge in [0, 0.05) is 44.3 Å². The van der Waals surface area contributed by atoms with Crippen LogP contribution in [0.3, 0.4) is 0 Å². The highest BCUT2D eigenvalue weighted by molar-refractivity contribution is 8.02. The van der Waals surface area contributed by atoms with Gasteiger partial charge in [-0.05, 0) is 55.5 Å². The van der Waals surface area contributed by atoms with Gasteiger partial charge in [-0.15, -0.1) is 11.3 Å². The smallest absolute Gasteiger partial charge is 0.142 e. The summed E-state index contributed by atoms with van der Waals surface area (Å²) in [6.07, 6.45) is 5.18. The van der Waals surface area contributed by atoms with Crippen molar-refractivity contribution < 1.29 is 0 Å². The van der Waals surface area contributed by atoms with Gasteiger partial charge in [0.1, 0.15) is 9.86 Å². The third kappa shape index (κ3) is 3.18. The summed E-state index contributed by atoms with van der Waals surface area (Å²) in [4.78, 5) is 11.5. The molecule has 0 aliphatic carbocycles. The fourth-order valence-corrected chi connectivity index (χ4v) is 5.89. The maximum Gasteiger partial charge on any atom is 0.142 e. The summed E-state index contributed by atoms with van der Waals surface area (Å²) in [5.41, 5.74) is 8.34. The van der Waals surface area contributed by atoms with E-state index in [-0.39, 0.29) is 0 Å². The molecule has 4 aromatic rings. The Bertz CT molecular complexity index is 1220. The van der Waals surface area contributed by atoms with E-state index in [0.29, 0.717) is 0 Å². The molecule has 0 unspecified atom stereocenters. The van der Waals surface area contributed by atoms with Crippen LogP contribution in [0.2, 0.25) is 0 Å². The van der Waals surface area contributed by atoms with Crippen molar-refractivity contribution in [1.82, 2.24) is 14.5 Å². The van der Waals surface area contributed by atoms with Crippen molar-refractivity contribution in [3.63, 3.8) is 0 Å². The van der Waals surface area contributed by atoms with Crippen molar-refractivity contribution in [2.75, 3.05) is 23.2 Å². The third-order valence-electron chi connectivity index (χ3n) is 5.50. The average Bonchev–Trinajstić information content (AvgIpc) is 3.36. The van der Waals surface area contributed by atoms with Crippen LogP contribution < -0.4 is 9.62 Å². The molecule has 0 radical (unpaired) electrons. The summed E-state index contributed by atoms with van der Waals surface area (Å²) in [5.74, 6) is 0. The molecule has 0 fully saturated rings. The van der Waals surface area contributed by atoms with Crippen molar-refractivity contribution in [3.05, 3.63) is 52.9 Å². The molecule has 0 bridgehead atoms. The van der Waals surface area contributed by atoms with Crippen LogP contribution >= 0.6 is 23.3 Å². The van der Waals surface area contributed by atoms with Crippen LogP contribution in [0.4, 0.5) is 11.4 Å². The second-order valence-corrected chi connectivity index (χ2v) is 9.81. The lowest BCUT2D eigenvalue weighted by Crippen LogP contribution is -2.12. The van der Waals surface area contributed by atoms with Gasteiger partial charge in [0.25, 0.3) is 0 Å². The van der Waals surface area contributed by atoms with Crippen LogP contribution in [0.15, 0.2) is 40.9 Å². The highest BCUT2D eigenvalue weighted by Crippen LogP contribution is 2.39. The molecule has 4 heterocycles. The predicted molar refractivity (Wildman–Crippen MR) is 124 cm³/mol. The molecule has 1 aromatic carbocycles. The fourth-order valence-electron chi connectivity index (χ4n) is 4.02. The highest BCUT2D eigenvalue weighted by atomic mass is 32.2. The highest BCUT2D eigenvalue weighted by Gasteiger charge is 2.19. The van der Waals surface area contributed by atoms with Gasteiger partial charge < -0.3 is 14.2 Å². The first-order valence-corrected chi connectivity index (χ1v) is 11.3. The Balaban J connectivity index is 1.58. The Morgan fingerprint density at radius 2 is 2.03 bits per heavy atom. The molecule has 5 nitrogen and oxygen atoms in total. The number of pyridine rings is 1. The monoisotopic (exact) mass is 421 g/mol. The zero-order valence-corrected chi connectivity index (χ0v) is 18.6. The SMILES string of the molecule is Cc1nc(C)c(SNc2ccnc3c2c(-c2ccc4c(c2)N(C)CC4)cn3C)s1. The van der Waals surface area contributed by atoms with Gasteiger partial charge >= 0.3 is 0 Å². The first kappa shape index (κ1) is 18.5. The summed E-state index contributed by atoms with van der Waals surface area (Å²) < 4.78 is 6.87. The van der Waals surface area contributed by atoms with E-state index in [4.69, 9.17) is 0 Å². The van der Waals surface area contributed by atoms with Crippen molar-refractivity contribution in [2.24, 2.45) is 7.05 Å². The number of aromatic nitrogens is 3. The zero-order chi connectivity index (χ0) is 20.1.